The number of likely N-dealkylation sites (N-methyl/N-ethyl adjacent to an activating group) is 2. The molecule has 0 bridgehead atoms. The number of hydrogen-bond donors (Lipinski definition) is 1. The summed E-state index contributed by atoms with van der Waals surface area (Å²) in [5.41, 5.74) is 0. The normalized spacial score (nSPS) is 11.2. The van der Waals surface area contributed by atoms with Crippen LogP contribution in [0.15, 0.2) is 15.9 Å². The van der Waals surface area contributed by atoms with Crippen LogP contribution >= 0.6 is 27.3 Å². The van der Waals surface area contributed by atoms with Crippen molar-refractivity contribution in [3.8, 4) is 0 Å². The van der Waals surface area contributed by atoms with Crippen molar-refractivity contribution in [2.24, 2.45) is 0 Å². The summed E-state index contributed by atoms with van der Waals surface area (Å²) in [5.74, 6) is 0. The first kappa shape index (κ1) is 13.2. The lowest BCUT2D eigenvalue weighted by molar-refractivity contribution is 0.337. The molecule has 0 aromatic carbocycles. The molecule has 0 unspecified atom stereocenters. The van der Waals surface area contributed by atoms with E-state index in [9.17, 15) is 0 Å². The summed E-state index contributed by atoms with van der Waals surface area (Å²) in [6, 6.07) is 4.32. The minimum absolute atomic E-state index is 1.06. The second-order valence-corrected chi connectivity index (χ2v) is 6.16. The molecule has 0 aliphatic heterocycles. The van der Waals surface area contributed by atoms with Crippen molar-refractivity contribution in [3.63, 3.8) is 0 Å². The van der Waals surface area contributed by atoms with E-state index in [2.05, 4.69) is 52.3 Å². The maximum absolute atomic E-state index is 3.49. The van der Waals surface area contributed by atoms with Crippen LogP contribution in [0.5, 0.6) is 0 Å². The summed E-state index contributed by atoms with van der Waals surface area (Å²) >= 11 is 5.32. The van der Waals surface area contributed by atoms with Crippen LogP contribution in [0, 0.1) is 0 Å². The van der Waals surface area contributed by atoms with Crippen molar-refractivity contribution in [3.05, 3.63) is 20.8 Å². The van der Waals surface area contributed by atoms with E-state index in [4.69, 9.17) is 0 Å². The van der Waals surface area contributed by atoms with Gasteiger partial charge in [-0.3, -0.25) is 0 Å². The minimum Gasteiger partial charge on any atom is -0.316 e. The molecule has 86 valence electrons. The summed E-state index contributed by atoms with van der Waals surface area (Å²) in [6.07, 6.45) is 1.15. The Morgan fingerprint density at radius 2 is 2.20 bits per heavy atom. The average molecular weight is 291 g/mol. The van der Waals surface area contributed by atoms with Crippen LogP contribution in [0.3, 0.4) is 0 Å². The van der Waals surface area contributed by atoms with Gasteiger partial charge in [0.05, 0.1) is 3.79 Å². The fraction of sp³-hybridized carbons (Fsp3) is 0.636. The molecule has 2 nitrogen and oxygen atoms in total. The highest BCUT2D eigenvalue weighted by molar-refractivity contribution is 9.11. The number of nitrogens with zero attached hydrogens (tertiary/aromatic N) is 1. The first-order valence-electron chi connectivity index (χ1n) is 5.36. The van der Waals surface area contributed by atoms with Gasteiger partial charge in [0.25, 0.3) is 0 Å². The van der Waals surface area contributed by atoms with Gasteiger partial charge in [-0.05, 0) is 48.1 Å². The highest BCUT2D eigenvalue weighted by Crippen LogP contribution is 2.22. The van der Waals surface area contributed by atoms with Crippen molar-refractivity contribution >= 4 is 27.3 Å². The minimum atomic E-state index is 1.06. The van der Waals surface area contributed by atoms with E-state index in [1.165, 1.54) is 8.66 Å². The van der Waals surface area contributed by atoms with E-state index in [1.54, 1.807) is 0 Å². The van der Waals surface area contributed by atoms with Crippen molar-refractivity contribution in [2.75, 3.05) is 33.2 Å². The van der Waals surface area contributed by atoms with Gasteiger partial charge in [-0.15, -0.1) is 11.3 Å². The van der Waals surface area contributed by atoms with E-state index < -0.39 is 0 Å². The van der Waals surface area contributed by atoms with Gasteiger partial charge in [0.1, 0.15) is 0 Å². The van der Waals surface area contributed by atoms with Crippen LogP contribution in [0.1, 0.15) is 11.8 Å². The molecule has 1 aromatic rings. The van der Waals surface area contributed by atoms with Crippen LogP contribution in [-0.4, -0.2) is 38.1 Å². The van der Waals surface area contributed by atoms with Gasteiger partial charge in [-0.1, -0.05) is 6.92 Å². The molecule has 0 aliphatic carbocycles. The van der Waals surface area contributed by atoms with Gasteiger partial charge in [0, 0.05) is 24.5 Å². The molecule has 15 heavy (non-hydrogen) atoms. The molecule has 1 N–H and O–H groups in total. The third kappa shape index (κ3) is 5.66. The quantitative estimate of drug-likeness (QED) is 0.777. The third-order valence-corrected chi connectivity index (χ3v) is 3.97. The Balaban J connectivity index is 2.13. The summed E-state index contributed by atoms with van der Waals surface area (Å²) < 4.78 is 1.23. The number of rotatable bonds is 7. The first-order valence-corrected chi connectivity index (χ1v) is 6.96. The number of hydrogen-bond acceptors (Lipinski definition) is 3. The van der Waals surface area contributed by atoms with Gasteiger partial charge < -0.3 is 10.2 Å². The molecule has 0 atom stereocenters. The number of thiophene rings is 1. The first-order chi connectivity index (χ1) is 7.22. The van der Waals surface area contributed by atoms with Crippen LogP contribution in [-0.2, 0) is 6.42 Å². The van der Waals surface area contributed by atoms with E-state index >= 15 is 0 Å². The number of nitrogens with one attached hydrogen (secondary N) is 1. The Labute approximate surface area is 105 Å². The summed E-state index contributed by atoms with van der Waals surface area (Å²) in [7, 11) is 2.18. The number of halogens is 1. The lowest BCUT2D eigenvalue weighted by Gasteiger charge is -2.15. The zero-order valence-corrected chi connectivity index (χ0v) is 11.8. The molecule has 1 aromatic heterocycles. The fourth-order valence-electron chi connectivity index (χ4n) is 1.35. The molecule has 0 radical (unpaired) electrons. The van der Waals surface area contributed by atoms with E-state index in [0.29, 0.717) is 0 Å². The molecule has 0 saturated heterocycles. The highest BCUT2D eigenvalue weighted by atomic mass is 79.9. The summed E-state index contributed by atoms with van der Waals surface area (Å²) in [4.78, 5) is 3.83. The van der Waals surface area contributed by atoms with Gasteiger partial charge in [-0.2, -0.15) is 0 Å². The highest BCUT2D eigenvalue weighted by Gasteiger charge is 2.01. The Kier molecular flexibility index (Phi) is 6.48. The van der Waals surface area contributed by atoms with Crippen molar-refractivity contribution in [1.82, 2.24) is 10.2 Å². The molecule has 0 aliphatic rings. The molecule has 0 amide bonds. The molecule has 0 saturated carbocycles. The third-order valence-electron chi connectivity index (χ3n) is 2.29. The maximum Gasteiger partial charge on any atom is 0.0701 e. The smallest absolute Gasteiger partial charge is 0.0701 e. The second-order valence-electron chi connectivity index (χ2n) is 3.61. The van der Waals surface area contributed by atoms with Crippen LogP contribution < -0.4 is 5.32 Å². The Morgan fingerprint density at radius 3 is 2.80 bits per heavy atom. The molecule has 0 fully saturated rings. The zero-order valence-electron chi connectivity index (χ0n) is 9.42. The maximum atomic E-state index is 3.49. The van der Waals surface area contributed by atoms with E-state index in [1.807, 2.05) is 11.3 Å². The zero-order chi connectivity index (χ0) is 11.1. The standard InChI is InChI=1S/C11H19BrN2S/c1-3-13-7-9-14(2)8-6-10-4-5-11(12)15-10/h4-5,13H,3,6-9H2,1-2H3. The lowest BCUT2D eigenvalue weighted by Crippen LogP contribution is -2.30. The summed E-state index contributed by atoms with van der Waals surface area (Å²) in [6.45, 7) is 6.55. The predicted octanol–water partition coefficient (Wildman–Crippen LogP) is 2.59. The molecular weight excluding hydrogens is 272 g/mol. The van der Waals surface area contributed by atoms with Gasteiger partial charge in [0.15, 0.2) is 0 Å². The van der Waals surface area contributed by atoms with Gasteiger partial charge >= 0.3 is 0 Å². The largest absolute Gasteiger partial charge is 0.316 e. The van der Waals surface area contributed by atoms with Crippen LogP contribution in [0.25, 0.3) is 0 Å². The van der Waals surface area contributed by atoms with E-state index in [-0.39, 0.29) is 0 Å². The topological polar surface area (TPSA) is 15.3 Å². The molecule has 0 spiro atoms. The van der Waals surface area contributed by atoms with Crippen LogP contribution in [0.4, 0.5) is 0 Å². The lowest BCUT2D eigenvalue weighted by atomic mass is 10.3. The Bertz CT molecular complexity index is 275. The summed E-state index contributed by atoms with van der Waals surface area (Å²) in [5, 5.41) is 3.33. The SMILES string of the molecule is CCNCCN(C)CCc1ccc(Br)s1. The van der Waals surface area contributed by atoms with Gasteiger partial charge in [0.2, 0.25) is 0 Å². The van der Waals surface area contributed by atoms with Crippen molar-refractivity contribution in [2.45, 2.75) is 13.3 Å². The average Bonchev–Trinajstić information content (AvgIpc) is 2.62. The van der Waals surface area contributed by atoms with Crippen molar-refractivity contribution in [1.29, 1.82) is 0 Å². The predicted molar refractivity (Wildman–Crippen MR) is 71.8 cm³/mol. The fourth-order valence-corrected chi connectivity index (χ4v) is 2.82. The van der Waals surface area contributed by atoms with E-state index in [0.717, 1.165) is 32.6 Å². The molecule has 4 heteroatoms. The van der Waals surface area contributed by atoms with Gasteiger partial charge in [-0.25, -0.2) is 0 Å². The second kappa shape index (κ2) is 7.39. The Morgan fingerprint density at radius 1 is 1.40 bits per heavy atom. The molecule has 1 rings (SSSR count). The molecular formula is C11H19BrN2S. The monoisotopic (exact) mass is 290 g/mol. The Hall–Kier alpha value is 0.1000. The molecule has 1 heterocycles. The van der Waals surface area contributed by atoms with Crippen LogP contribution in [0.2, 0.25) is 0 Å². The van der Waals surface area contributed by atoms with Crippen molar-refractivity contribution < 1.29 is 0 Å².